The molecule has 0 atom stereocenters. The number of sulfonamides is 1. The van der Waals surface area contributed by atoms with Crippen LogP contribution in [-0.2, 0) is 16.4 Å². The van der Waals surface area contributed by atoms with E-state index in [1.54, 1.807) is 12.1 Å². The maximum Gasteiger partial charge on any atom is 0.238 e. The monoisotopic (exact) mass is 530 g/mol. The number of allylic oxidation sites excluding steroid dienone is 1. The van der Waals surface area contributed by atoms with Gasteiger partial charge < -0.3 is 5.73 Å². The molecule has 6 rings (SSSR count). The van der Waals surface area contributed by atoms with Gasteiger partial charge in [0.1, 0.15) is 12.1 Å². The van der Waals surface area contributed by atoms with Crippen LogP contribution >= 0.6 is 0 Å². The van der Waals surface area contributed by atoms with E-state index in [9.17, 15) is 8.42 Å². The summed E-state index contributed by atoms with van der Waals surface area (Å²) >= 11 is 0. The van der Waals surface area contributed by atoms with Crippen molar-refractivity contribution < 1.29 is 8.42 Å². The summed E-state index contributed by atoms with van der Waals surface area (Å²) in [5, 5.41) is 5.44. The van der Waals surface area contributed by atoms with Crippen LogP contribution in [0.5, 0.6) is 0 Å². The number of hydrogen-bond acceptors (Lipinski definition) is 5. The molecule has 4 aromatic carbocycles. The lowest BCUT2D eigenvalue weighted by molar-refractivity contribution is 0.598. The number of benzene rings is 4. The molecule has 5 aromatic rings. The largest absolute Gasteiger partial charge is 0.383 e. The summed E-state index contributed by atoms with van der Waals surface area (Å²) in [6.45, 7) is 0. The molecule has 4 N–H and O–H groups in total. The van der Waals surface area contributed by atoms with Gasteiger partial charge in [0.05, 0.1) is 10.6 Å². The fraction of sp³-hybridized carbons (Fsp3) is 0.0625. The van der Waals surface area contributed by atoms with Gasteiger partial charge in [0.25, 0.3) is 0 Å². The SMILES string of the molecule is Nc1ncnc2c1C(c1ccc(-c3cccc(-c4ccccc4)c3)cc1)=C(c1cccc(S(N)(=O)=O)c1)CC2. The first kappa shape index (κ1) is 24.7. The highest BCUT2D eigenvalue weighted by molar-refractivity contribution is 7.89. The van der Waals surface area contributed by atoms with Crippen molar-refractivity contribution in [2.75, 3.05) is 5.73 Å². The number of nitrogen functional groups attached to an aromatic ring is 1. The van der Waals surface area contributed by atoms with Gasteiger partial charge in [0.15, 0.2) is 0 Å². The summed E-state index contributed by atoms with van der Waals surface area (Å²) in [6, 6.07) is 33.9. The Morgan fingerprint density at radius 3 is 1.95 bits per heavy atom. The fourth-order valence-corrected chi connectivity index (χ4v) is 5.78. The van der Waals surface area contributed by atoms with Crippen molar-refractivity contribution in [3.05, 3.63) is 132 Å². The number of anilines is 1. The Labute approximate surface area is 227 Å². The number of nitrogens with two attached hydrogens (primary N) is 2. The van der Waals surface area contributed by atoms with E-state index in [4.69, 9.17) is 10.9 Å². The van der Waals surface area contributed by atoms with Gasteiger partial charge in [-0.3, -0.25) is 0 Å². The van der Waals surface area contributed by atoms with Gasteiger partial charge in [-0.1, -0.05) is 84.9 Å². The average molecular weight is 531 g/mol. The molecule has 0 bridgehead atoms. The molecule has 0 fully saturated rings. The molecule has 7 heteroatoms. The number of primary sulfonamides is 1. The van der Waals surface area contributed by atoms with E-state index < -0.39 is 10.0 Å². The summed E-state index contributed by atoms with van der Waals surface area (Å²) in [5.41, 5.74) is 16.2. The van der Waals surface area contributed by atoms with Gasteiger partial charge in [-0.25, -0.2) is 23.5 Å². The van der Waals surface area contributed by atoms with Crippen molar-refractivity contribution in [2.45, 2.75) is 17.7 Å². The molecule has 0 aliphatic heterocycles. The van der Waals surface area contributed by atoms with Gasteiger partial charge in [-0.05, 0) is 75.6 Å². The van der Waals surface area contributed by atoms with Gasteiger partial charge >= 0.3 is 0 Å². The number of hydrogen-bond donors (Lipinski definition) is 2. The number of fused-ring (bicyclic) bond motifs is 1. The molecular formula is C32H26N4O2S. The summed E-state index contributed by atoms with van der Waals surface area (Å²) in [6.07, 6.45) is 2.83. The third-order valence-corrected chi connectivity index (χ3v) is 8.02. The smallest absolute Gasteiger partial charge is 0.238 e. The van der Waals surface area contributed by atoms with E-state index in [0.717, 1.165) is 50.2 Å². The molecule has 0 saturated heterocycles. The van der Waals surface area contributed by atoms with Crippen molar-refractivity contribution in [2.24, 2.45) is 5.14 Å². The minimum Gasteiger partial charge on any atom is -0.383 e. The number of rotatable bonds is 5. The fourth-order valence-electron chi connectivity index (χ4n) is 5.23. The van der Waals surface area contributed by atoms with Crippen LogP contribution < -0.4 is 10.9 Å². The van der Waals surface area contributed by atoms with E-state index >= 15 is 0 Å². The first-order valence-electron chi connectivity index (χ1n) is 12.6. The minimum atomic E-state index is -3.85. The quantitative estimate of drug-likeness (QED) is 0.292. The third-order valence-electron chi connectivity index (χ3n) is 7.11. The minimum absolute atomic E-state index is 0.0728. The van der Waals surface area contributed by atoms with Crippen LogP contribution in [0.4, 0.5) is 5.82 Å². The van der Waals surface area contributed by atoms with E-state index in [1.165, 1.54) is 18.0 Å². The average Bonchev–Trinajstić information content (AvgIpc) is 2.97. The molecule has 0 amide bonds. The van der Waals surface area contributed by atoms with Crippen molar-refractivity contribution in [3.63, 3.8) is 0 Å². The molecular weight excluding hydrogens is 504 g/mol. The topological polar surface area (TPSA) is 112 Å². The number of aromatic nitrogens is 2. The third kappa shape index (κ3) is 4.85. The maximum absolute atomic E-state index is 12.1. The highest BCUT2D eigenvalue weighted by Crippen LogP contribution is 2.42. The zero-order chi connectivity index (χ0) is 27.0. The summed E-state index contributed by atoms with van der Waals surface area (Å²) in [5.74, 6) is 0.398. The Balaban J connectivity index is 1.47. The van der Waals surface area contributed by atoms with Crippen LogP contribution in [0.1, 0.15) is 28.8 Å². The normalized spacial score (nSPS) is 13.3. The lowest BCUT2D eigenvalue weighted by Crippen LogP contribution is -2.14. The summed E-state index contributed by atoms with van der Waals surface area (Å²) in [4.78, 5) is 8.85. The second-order valence-electron chi connectivity index (χ2n) is 9.53. The lowest BCUT2D eigenvalue weighted by atomic mass is 9.81. The van der Waals surface area contributed by atoms with Crippen LogP contribution in [0.25, 0.3) is 33.4 Å². The predicted octanol–water partition coefficient (Wildman–Crippen LogP) is 5.95. The highest BCUT2D eigenvalue weighted by Gasteiger charge is 2.26. The molecule has 1 aromatic heterocycles. The standard InChI is InChI=1S/C32H26N4O2S/c33-32-31-29(35-20-36-32)17-16-28(26-10-5-11-27(19-26)39(34,37)38)30(31)23-14-12-22(13-15-23)25-9-4-8-24(18-25)21-6-2-1-3-7-21/h1-15,18-20H,16-17H2,(H2,33,35,36)(H2,34,37,38). The maximum atomic E-state index is 12.1. The summed E-state index contributed by atoms with van der Waals surface area (Å²) < 4.78 is 24.2. The van der Waals surface area contributed by atoms with Crippen LogP contribution in [0.2, 0.25) is 0 Å². The van der Waals surface area contributed by atoms with Crippen molar-refractivity contribution in [3.8, 4) is 22.3 Å². The van der Waals surface area contributed by atoms with E-state index in [2.05, 4.69) is 70.6 Å². The predicted molar refractivity (Wildman–Crippen MR) is 156 cm³/mol. The first-order chi connectivity index (χ1) is 18.9. The molecule has 1 aliphatic carbocycles. The van der Waals surface area contributed by atoms with Crippen LogP contribution in [0.15, 0.2) is 114 Å². The molecule has 6 nitrogen and oxygen atoms in total. The highest BCUT2D eigenvalue weighted by atomic mass is 32.2. The van der Waals surface area contributed by atoms with Crippen molar-refractivity contribution in [1.82, 2.24) is 9.97 Å². The van der Waals surface area contributed by atoms with Crippen LogP contribution in [0, 0.1) is 0 Å². The number of aryl methyl sites for hydroxylation is 1. The van der Waals surface area contributed by atoms with E-state index in [0.29, 0.717) is 18.7 Å². The van der Waals surface area contributed by atoms with Crippen molar-refractivity contribution >= 4 is 27.0 Å². The Morgan fingerprint density at radius 1 is 0.615 bits per heavy atom. The Kier molecular flexibility index (Phi) is 6.30. The second-order valence-corrected chi connectivity index (χ2v) is 11.1. The van der Waals surface area contributed by atoms with Gasteiger partial charge in [0, 0.05) is 5.56 Å². The van der Waals surface area contributed by atoms with E-state index in [-0.39, 0.29) is 4.90 Å². The Morgan fingerprint density at radius 2 is 1.23 bits per heavy atom. The van der Waals surface area contributed by atoms with Gasteiger partial charge in [-0.15, -0.1) is 0 Å². The molecule has 0 saturated carbocycles. The second kappa shape index (κ2) is 9.94. The molecule has 192 valence electrons. The van der Waals surface area contributed by atoms with Gasteiger partial charge in [-0.2, -0.15) is 0 Å². The van der Waals surface area contributed by atoms with E-state index in [1.807, 2.05) is 24.3 Å². The molecule has 1 aliphatic rings. The first-order valence-corrected chi connectivity index (χ1v) is 14.2. The molecule has 39 heavy (non-hydrogen) atoms. The lowest BCUT2D eigenvalue weighted by Gasteiger charge is -2.25. The Hall–Kier alpha value is -4.59. The molecule has 0 spiro atoms. The van der Waals surface area contributed by atoms with Crippen LogP contribution in [-0.4, -0.2) is 18.4 Å². The molecule has 0 radical (unpaired) electrons. The molecule has 0 unspecified atom stereocenters. The van der Waals surface area contributed by atoms with Crippen LogP contribution in [0.3, 0.4) is 0 Å². The summed E-state index contributed by atoms with van der Waals surface area (Å²) in [7, 11) is -3.85. The molecule has 1 heterocycles. The zero-order valence-electron chi connectivity index (χ0n) is 21.1. The zero-order valence-corrected chi connectivity index (χ0v) is 21.9. The number of nitrogens with zero attached hydrogens (tertiary/aromatic N) is 2. The Bertz CT molecular complexity index is 1830. The van der Waals surface area contributed by atoms with Gasteiger partial charge in [0.2, 0.25) is 10.0 Å². The van der Waals surface area contributed by atoms with Crippen molar-refractivity contribution in [1.29, 1.82) is 0 Å².